The van der Waals surface area contributed by atoms with Crippen molar-refractivity contribution >= 4 is 17.6 Å². The summed E-state index contributed by atoms with van der Waals surface area (Å²) in [4.78, 5) is 16.7. The highest BCUT2D eigenvalue weighted by atomic mass is 16.6. The Morgan fingerprint density at radius 2 is 2.04 bits per heavy atom. The summed E-state index contributed by atoms with van der Waals surface area (Å²) in [5.41, 5.74) is 3.21. The first kappa shape index (κ1) is 16.6. The Morgan fingerprint density at radius 3 is 2.96 bits per heavy atom. The van der Waals surface area contributed by atoms with E-state index in [-0.39, 0.29) is 18.2 Å². The monoisotopic (exact) mass is 367 g/mol. The van der Waals surface area contributed by atoms with Gasteiger partial charge in [-0.25, -0.2) is 4.79 Å². The zero-order valence-electron chi connectivity index (χ0n) is 15.3. The van der Waals surface area contributed by atoms with Gasteiger partial charge in [0.1, 0.15) is 6.10 Å². The number of hydrogen-bond donors (Lipinski definition) is 3. The molecule has 3 N–H and O–H groups in total. The van der Waals surface area contributed by atoms with Crippen LogP contribution >= 0.6 is 0 Å². The van der Waals surface area contributed by atoms with E-state index in [4.69, 9.17) is 4.74 Å². The number of rotatable bonds is 0. The molecule has 2 aromatic heterocycles. The lowest BCUT2D eigenvalue weighted by atomic mass is 9.77. The van der Waals surface area contributed by atoms with Crippen molar-refractivity contribution in [1.29, 1.82) is 0 Å². The molecule has 4 heterocycles. The average molecular weight is 367 g/mol. The molecule has 27 heavy (non-hydrogen) atoms. The van der Waals surface area contributed by atoms with Crippen LogP contribution in [0.5, 0.6) is 0 Å². The molecule has 4 aliphatic rings. The Bertz CT molecular complexity index is 829. The third-order valence-electron chi connectivity index (χ3n) is 6.15. The van der Waals surface area contributed by atoms with Gasteiger partial charge in [0.05, 0.1) is 0 Å². The van der Waals surface area contributed by atoms with Crippen LogP contribution < -0.4 is 10.6 Å². The third-order valence-corrected chi connectivity index (χ3v) is 6.15. The maximum absolute atomic E-state index is 12.2. The first-order valence-electron chi connectivity index (χ1n) is 9.95. The van der Waals surface area contributed by atoms with Gasteiger partial charge in [-0.1, -0.05) is 0 Å². The largest absolute Gasteiger partial charge is 0.446 e. The second-order valence-electron chi connectivity index (χ2n) is 8.12. The highest BCUT2D eigenvalue weighted by molar-refractivity contribution is 5.68. The lowest BCUT2D eigenvalue weighted by Crippen LogP contribution is -2.45. The van der Waals surface area contributed by atoms with Gasteiger partial charge in [0.15, 0.2) is 5.82 Å². The van der Waals surface area contributed by atoms with Crippen LogP contribution in [0.15, 0.2) is 24.4 Å². The minimum absolute atomic E-state index is 0.00720. The molecule has 7 nitrogen and oxygen atoms in total. The number of pyridine rings is 1. The van der Waals surface area contributed by atoms with Crippen LogP contribution in [0.2, 0.25) is 0 Å². The van der Waals surface area contributed by atoms with Gasteiger partial charge in [0.25, 0.3) is 0 Å². The molecule has 0 saturated heterocycles. The molecule has 2 aromatic rings. The molecular weight excluding hydrogens is 342 g/mol. The number of hydrogen-bond acceptors (Lipinski definition) is 5. The van der Waals surface area contributed by atoms with Crippen molar-refractivity contribution in [3.05, 3.63) is 35.8 Å². The fraction of sp³-hybridized carbons (Fsp3) is 0.550. The molecule has 2 aliphatic heterocycles. The van der Waals surface area contributed by atoms with Gasteiger partial charge >= 0.3 is 6.09 Å². The summed E-state index contributed by atoms with van der Waals surface area (Å²) in [6.45, 7) is 0. The van der Waals surface area contributed by atoms with Gasteiger partial charge in [-0.3, -0.25) is 10.1 Å². The lowest BCUT2D eigenvalue weighted by molar-refractivity contribution is 0.0875. The predicted octanol–water partition coefficient (Wildman–Crippen LogP) is 3.64. The average Bonchev–Trinajstić information content (AvgIpc) is 3.26. The van der Waals surface area contributed by atoms with E-state index in [9.17, 15) is 4.79 Å². The normalized spacial score (nSPS) is 30.1. The van der Waals surface area contributed by atoms with Crippen molar-refractivity contribution < 1.29 is 9.53 Å². The van der Waals surface area contributed by atoms with Crippen LogP contribution in [0.3, 0.4) is 0 Å². The fourth-order valence-electron chi connectivity index (χ4n) is 4.57. The Hall–Kier alpha value is -2.57. The third kappa shape index (κ3) is 3.63. The SMILES string of the molecule is O=C1NC2CC(CCc3cc(ccn3)Nc3cc([nH]n3)C3CCC(C3)O1)C2. The van der Waals surface area contributed by atoms with Crippen molar-refractivity contribution in [3.63, 3.8) is 0 Å². The first-order valence-corrected chi connectivity index (χ1v) is 9.95. The van der Waals surface area contributed by atoms with Gasteiger partial charge < -0.3 is 15.4 Å². The number of fused-ring (bicyclic) bond motifs is 3. The van der Waals surface area contributed by atoms with Gasteiger partial charge in [0, 0.05) is 41.3 Å². The number of nitrogens with one attached hydrogen (secondary N) is 3. The van der Waals surface area contributed by atoms with E-state index in [1.165, 1.54) is 0 Å². The van der Waals surface area contributed by atoms with Crippen LogP contribution in [-0.4, -0.2) is 33.4 Å². The predicted molar refractivity (Wildman–Crippen MR) is 101 cm³/mol. The van der Waals surface area contributed by atoms with Crippen molar-refractivity contribution in [1.82, 2.24) is 20.5 Å². The lowest BCUT2D eigenvalue weighted by Gasteiger charge is -2.35. The number of aromatic amines is 1. The Balaban J connectivity index is 1.36. The molecule has 2 saturated carbocycles. The highest BCUT2D eigenvalue weighted by Gasteiger charge is 2.33. The van der Waals surface area contributed by atoms with E-state index in [1.54, 1.807) is 0 Å². The molecule has 1 amide bonds. The summed E-state index contributed by atoms with van der Waals surface area (Å²) in [5, 5.41) is 14.0. The standard InChI is InChI=1S/C20H25N5O2/c26-20-23-16-7-12(8-16)1-3-14-10-15(5-6-21-14)22-19-11-18(24-25-19)13-2-4-17(9-13)27-20/h5-6,10-13,16-17H,1-4,7-9H2,(H,23,26)(H2,22,24,25). The Kier molecular flexibility index (Phi) is 4.22. The van der Waals surface area contributed by atoms with Crippen molar-refractivity contribution in [2.45, 2.75) is 63.0 Å². The zero-order chi connectivity index (χ0) is 18.2. The smallest absolute Gasteiger partial charge is 0.407 e. The number of ether oxygens (including phenoxy) is 1. The van der Waals surface area contributed by atoms with E-state index < -0.39 is 0 Å². The minimum Gasteiger partial charge on any atom is -0.446 e. The molecule has 8 bridgehead atoms. The number of aromatic nitrogens is 3. The van der Waals surface area contributed by atoms with Crippen LogP contribution in [0, 0.1) is 5.92 Å². The minimum atomic E-state index is -0.258. The molecule has 0 aromatic carbocycles. The molecule has 0 spiro atoms. The fourth-order valence-corrected chi connectivity index (χ4v) is 4.57. The van der Waals surface area contributed by atoms with Crippen LogP contribution in [0.4, 0.5) is 16.3 Å². The van der Waals surface area contributed by atoms with E-state index in [0.29, 0.717) is 11.8 Å². The summed E-state index contributed by atoms with van der Waals surface area (Å²) in [7, 11) is 0. The maximum Gasteiger partial charge on any atom is 0.407 e. The first-order chi connectivity index (χ1) is 13.2. The molecule has 2 unspecified atom stereocenters. The van der Waals surface area contributed by atoms with Gasteiger partial charge in [-0.05, 0) is 63.0 Å². The van der Waals surface area contributed by atoms with Gasteiger partial charge in [-0.2, -0.15) is 5.10 Å². The number of H-pyrrole nitrogens is 1. The highest BCUT2D eigenvalue weighted by Crippen LogP contribution is 2.37. The summed E-state index contributed by atoms with van der Waals surface area (Å²) < 4.78 is 5.65. The summed E-state index contributed by atoms with van der Waals surface area (Å²) >= 11 is 0. The summed E-state index contributed by atoms with van der Waals surface area (Å²) in [5.74, 6) is 1.82. The van der Waals surface area contributed by atoms with E-state index in [2.05, 4.69) is 37.9 Å². The van der Waals surface area contributed by atoms with Gasteiger partial charge in [0.2, 0.25) is 0 Å². The topological polar surface area (TPSA) is 91.9 Å². The number of alkyl carbamates (subject to hydrolysis) is 1. The van der Waals surface area contributed by atoms with Crippen LogP contribution in [0.1, 0.15) is 55.8 Å². The molecular formula is C20H25N5O2. The van der Waals surface area contributed by atoms with E-state index in [0.717, 1.165) is 67.8 Å². The second kappa shape index (κ2) is 6.87. The van der Waals surface area contributed by atoms with Crippen molar-refractivity contribution in [2.24, 2.45) is 5.92 Å². The molecule has 142 valence electrons. The molecule has 2 aliphatic carbocycles. The molecule has 2 fully saturated rings. The Morgan fingerprint density at radius 1 is 1.11 bits per heavy atom. The number of aryl methyl sites for hydroxylation is 1. The Labute approximate surface area is 158 Å². The number of amides is 1. The van der Waals surface area contributed by atoms with Crippen LogP contribution in [0.25, 0.3) is 0 Å². The van der Waals surface area contributed by atoms with E-state index in [1.807, 2.05) is 12.3 Å². The molecule has 7 heteroatoms. The number of carbonyl (C=O) groups excluding carboxylic acids is 1. The van der Waals surface area contributed by atoms with Crippen LogP contribution in [-0.2, 0) is 11.2 Å². The van der Waals surface area contributed by atoms with Gasteiger partial charge in [-0.15, -0.1) is 0 Å². The number of carbonyl (C=O) groups is 1. The number of anilines is 2. The second-order valence-corrected chi connectivity index (χ2v) is 8.12. The van der Waals surface area contributed by atoms with Crippen molar-refractivity contribution in [3.8, 4) is 0 Å². The quantitative estimate of drug-likeness (QED) is 0.661. The zero-order valence-corrected chi connectivity index (χ0v) is 15.3. The molecule has 0 radical (unpaired) electrons. The van der Waals surface area contributed by atoms with Crippen molar-refractivity contribution in [2.75, 3.05) is 5.32 Å². The summed E-state index contributed by atoms with van der Waals surface area (Å²) in [6.07, 6.45) is 8.47. The molecule has 2 atom stereocenters. The maximum atomic E-state index is 12.2. The molecule has 6 rings (SSSR count). The van der Waals surface area contributed by atoms with E-state index >= 15 is 0 Å². The number of nitrogens with zero attached hydrogens (tertiary/aromatic N) is 2. The summed E-state index contributed by atoms with van der Waals surface area (Å²) in [6, 6.07) is 6.40.